The monoisotopic (exact) mass is 328 g/mol. The highest BCUT2D eigenvalue weighted by Crippen LogP contribution is 2.23. The van der Waals surface area contributed by atoms with E-state index < -0.39 is 15.2 Å². The molecule has 0 bridgehead atoms. The molecule has 1 aliphatic heterocycles. The Morgan fingerprint density at radius 3 is 2.62 bits per heavy atom. The Labute approximate surface area is 129 Å². The van der Waals surface area contributed by atoms with Crippen molar-refractivity contribution in [1.82, 2.24) is 4.90 Å². The molecule has 5 nitrogen and oxygen atoms in total. The van der Waals surface area contributed by atoms with E-state index in [1.54, 1.807) is 43.0 Å². The summed E-state index contributed by atoms with van der Waals surface area (Å²) in [7, 11) is -3.27. The topological polar surface area (TPSA) is 80.5 Å². The molecule has 1 aromatic rings. The molecule has 1 unspecified atom stereocenters. The zero-order valence-corrected chi connectivity index (χ0v) is 13.6. The first kappa shape index (κ1) is 16.3. The van der Waals surface area contributed by atoms with Crippen LogP contribution in [0.3, 0.4) is 0 Å². The Morgan fingerprint density at radius 2 is 2.05 bits per heavy atom. The molecule has 0 radical (unpaired) electrons. The Kier molecular flexibility index (Phi) is 5.29. The molecule has 1 heterocycles. The van der Waals surface area contributed by atoms with E-state index in [9.17, 15) is 13.2 Å². The van der Waals surface area contributed by atoms with E-state index in [0.717, 1.165) is 11.3 Å². The number of nitrogens with zero attached hydrogens (tertiary/aromatic N) is 1. The standard InChI is InChI=1S/C14H20N2O3S2/c1-2-21(18,19)13-10-20-8-7-16(13)14(17)12-5-3-11(9-15)4-6-12/h3-6,13H,2,7-10,15H2,1H3. The van der Waals surface area contributed by atoms with Gasteiger partial charge in [0.15, 0.2) is 9.84 Å². The van der Waals surface area contributed by atoms with Gasteiger partial charge in [0.1, 0.15) is 5.37 Å². The van der Waals surface area contributed by atoms with Crippen molar-refractivity contribution >= 4 is 27.5 Å². The van der Waals surface area contributed by atoms with Crippen molar-refractivity contribution in [1.29, 1.82) is 0 Å². The van der Waals surface area contributed by atoms with E-state index in [1.165, 1.54) is 4.90 Å². The number of hydrogen-bond acceptors (Lipinski definition) is 5. The van der Waals surface area contributed by atoms with Gasteiger partial charge >= 0.3 is 0 Å². The molecule has 2 rings (SSSR count). The molecule has 21 heavy (non-hydrogen) atoms. The van der Waals surface area contributed by atoms with Gasteiger partial charge in [0.05, 0.1) is 0 Å². The largest absolute Gasteiger partial charge is 0.326 e. The van der Waals surface area contributed by atoms with Crippen LogP contribution in [0.1, 0.15) is 22.8 Å². The highest BCUT2D eigenvalue weighted by atomic mass is 32.2. The second kappa shape index (κ2) is 6.81. The van der Waals surface area contributed by atoms with Crippen molar-refractivity contribution in [3.8, 4) is 0 Å². The number of hydrogen-bond donors (Lipinski definition) is 1. The van der Waals surface area contributed by atoms with E-state index in [2.05, 4.69) is 0 Å². The fourth-order valence-corrected chi connectivity index (χ4v) is 5.22. The first-order valence-corrected chi connectivity index (χ1v) is 9.76. The maximum Gasteiger partial charge on any atom is 0.254 e. The molecular formula is C14H20N2O3S2. The van der Waals surface area contributed by atoms with Crippen LogP contribution >= 0.6 is 11.8 Å². The lowest BCUT2D eigenvalue weighted by Crippen LogP contribution is -2.50. The highest BCUT2D eigenvalue weighted by Gasteiger charge is 2.36. The molecule has 1 atom stereocenters. The van der Waals surface area contributed by atoms with Crippen molar-refractivity contribution in [3.63, 3.8) is 0 Å². The molecule has 1 aromatic carbocycles. The van der Waals surface area contributed by atoms with Crippen molar-refractivity contribution in [3.05, 3.63) is 35.4 Å². The van der Waals surface area contributed by atoms with Crippen molar-refractivity contribution in [2.75, 3.05) is 23.8 Å². The number of benzene rings is 1. The van der Waals surface area contributed by atoms with Gasteiger partial charge in [-0.25, -0.2) is 8.42 Å². The number of sulfone groups is 1. The number of carbonyl (C=O) groups excluding carboxylic acids is 1. The summed E-state index contributed by atoms with van der Waals surface area (Å²) in [6.07, 6.45) is 0. The third-order valence-electron chi connectivity index (χ3n) is 3.60. The van der Waals surface area contributed by atoms with E-state index in [4.69, 9.17) is 5.73 Å². The van der Waals surface area contributed by atoms with Gasteiger partial charge in [-0.2, -0.15) is 11.8 Å². The predicted octanol–water partition coefficient (Wildman–Crippen LogP) is 1.10. The van der Waals surface area contributed by atoms with Crippen LogP contribution in [0.15, 0.2) is 24.3 Å². The maximum absolute atomic E-state index is 12.6. The number of nitrogens with two attached hydrogens (primary N) is 1. The number of carbonyl (C=O) groups is 1. The highest BCUT2D eigenvalue weighted by molar-refractivity contribution is 8.01. The van der Waals surface area contributed by atoms with E-state index in [1.807, 2.05) is 0 Å². The third kappa shape index (κ3) is 3.59. The molecule has 7 heteroatoms. The average molecular weight is 328 g/mol. The summed E-state index contributed by atoms with van der Waals surface area (Å²) < 4.78 is 24.4. The molecule has 1 aliphatic rings. The fraction of sp³-hybridized carbons (Fsp3) is 0.500. The van der Waals surface area contributed by atoms with E-state index in [-0.39, 0.29) is 11.7 Å². The van der Waals surface area contributed by atoms with Crippen LogP contribution < -0.4 is 5.73 Å². The predicted molar refractivity (Wildman–Crippen MR) is 85.9 cm³/mol. The quantitative estimate of drug-likeness (QED) is 0.895. The SMILES string of the molecule is CCS(=O)(=O)C1CSCCN1C(=O)c1ccc(CN)cc1. The summed E-state index contributed by atoms with van der Waals surface area (Å²) >= 11 is 1.58. The van der Waals surface area contributed by atoms with Crippen molar-refractivity contribution in [2.24, 2.45) is 5.73 Å². The van der Waals surface area contributed by atoms with Crippen LogP contribution in [0.2, 0.25) is 0 Å². The minimum atomic E-state index is -3.27. The molecule has 0 aromatic heterocycles. The Hall–Kier alpha value is -1.05. The minimum Gasteiger partial charge on any atom is -0.326 e. The average Bonchev–Trinajstić information content (AvgIpc) is 2.54. The lowest BCUT2D eigenvalue weighted by atomic mass is 10.1. The molecule has 1 saturated heterocycles. The van der Waals surface area contributed by atoms with Gasteiger partial charge in [0, 0.05) is 35.9 Å². The molecular weight excluding hydrogens is 308 g/mol. The van der Waals surface area contributed by atoms with Crippen LogP contribution in [-0.2, 0) is 16.4 Å². The van der Waals surface area contributed by atoms with E-state index in [0.29, 0.717) is 24.4 Å². The summed E-state index contributed by atoms with van der Waals surface area (Å²) in [4.78, 5) is 14.1. The number of thioether (sulfide) groups is 1. The van der Waals surface area contributed by atoms with Crippen LogP contribution in [0.4, 0.5) is 0 Å². The Bertz CT molecular complexity index is 599. The summed E-state index contributed by atoms with van der Waals surface area (Å²) in [6, 6.07) is 7.02. The van der Waals surface area contributed by atoms with Crippen LogP contribution in [0.5, 0.6) is 0 Å². The van der Waals surface area contributed by atoms with Crippen molar-refractivity contribution in [2.45, 2.75) is 18.8 Å². The lowest BCUT2D eigenvalue weighted by Gasteiger charge is -2.34. The second-order valence-corrected chi connectivity index (χ2v) is 8.48. The van der Waals surface area contributed by atoms with Crippen LogP contribution in [-0.4, -0.2) is 48.4 Å². The minimum absolute atomic E-state index is 0.0497. The normalized spacial score (nSPS) is 19.5. The zero-order valence-electron chi connectivity index (χ0n) is 12.0. The van der Waals surface area contributed by atoms with Gasteiger partial charge in [-0.05, 0) is 17.7 Å². The zero-order chi connectivity index (χ0) is 15.5. The third-order valence-corrected chi connectivity index (χ3v) is 6.89. The smallest absolute Gasteiger partial charge is 0.254 e. The Morgan fingerprint density at radius 1 is 1.38 bits per heavy atom. The van der Waals surface area contributed by atoms with Crippen LogP contribution in [0.25, 0.3) is 0 Å². The molecule has 1 amide bonds. The summed E-state index contributed by atoms with van der Waals surface area (Å²) in [6.45, 7) is 2.50. The fourth-order valence-electron chi connectivity index (χ4n) is 2.25. The van der Waals surface area contributed by atoms with Gasteiger partial charge < -0.3 is 10.6 Å². The van der Waals surface area contributed by atoms with Crippen molar-refractivity contribution < 1.29 is 13.2 Å². The second-order valence-electron chi connectivity index (χ2n) is 4.88. The summed E-state index contributed by atoms with van der Waals surface area (Å²) in [5.74, 6) is 1.04. The number of amides is 1. The molecule has 1 fully saturated rings. The summed E-state index contributed by atoms with van der Waals surface area (Å²) in [5.41, 5.74) is 6.99. The van der Waals surface area contributed by atoms with Gasteiger partial charge in [-0.1, -0.05) is 19.1 Å². The molecule has 0 saturated carbocycles. The number of rotatable bonds is 4. The van der Waals surface area contributed by atoms with Crippen LogP contribution in [0, 0.1) is 0 Å². The maximum atomic E-state index is 12.6. The molecule has 2 N–H and O–H groups in total. The van der Waals surface area contributed by atoms with Gasteiger partial charge in [0.25, 0.3) is 5.91 Å². The first-order valence-electron chi connectivity index (χ1n) is 6.89. The molecule has 0 spiro atoms. The first-order chi connectivity index (χ1) is 9.99. The van der Waals surface area contributed by atoms with Gasteiger partial charge in [-0.15, -0.1) is 0 Å². The molecule has 116 valence electrons. The van der Waals surface area contributed by atoms with Gasteiger partial charge in [-0.3, -0.25) is 4.79 Å². The molecule has 0 aliphatic carbocycles. The lowest BCUT2D eigenvalue weighted by molar-refractivity contribution is 0.0749. The Balaban J connectivity index is 2.26. The van der Waals surface area contributed by atoms with E-state index >= 15 is 0 Å². The summed E-state index contributed by atoms with van der Waals surface area (Å²) in [5, 5.41) is -0.720. The van der Waals surface area contributed by atoms with Gasteiger partial charge in [0.2, 0.25) is 0 Å².